The summed E-state index contributed by atoms with van der Waals surface area (Å²) in [5.41, 5.74) is 2.33. The first kappa shape index (κ1) is 8.58. The minimum absolute atomic E-state index is 0.0854. The van der Waals surface area contributed by atoms with Gasteiger partial charge in [0.15, 0.2) is 0 Å². The van der Waals surface area contributed by atoms with Crippen molar-refractivity contribution in [3.8, 4) is 0 Å². The minimum Gasteiger partial charge on any atom is -0.116 e. The van der Waals surface area contributed by atoms with E-state index in [-0.39, 0.29) is 10.8 Å². The second-order valence-corrected chi connectivity index (χ2v) is 4.54. The van der Waals surface area contributed by atoms with E-state index < -0.39 is 0 Å². The Hall–Kier alpha value is -0.720. The van der Waals surface area contributed by atoms with Gasteiger partial charge in [0.25, 0.3) is 0 Å². The molecule has 0 saturated heterocycles. The molecule has 14 heavy (non-hydrogen) atoms. The van der Waals surface area contributed by atoms with Crippen molar-refractivity contribution in [1.29, 1.82) is 0 Å². The smallest absolute Gasteiger partial charge is 0.0796 e. The number of benzene rings is 2. The van der Waals surface area contributed by atoms with Crippen LogP contribution in [0.15, 0.2) is 36.4 Å². The van der Waals surface area contributed by atoms with E-state index in [0.29, 0.717) is 0 Å². The van der Waals surface area contributed by atoms with Gasteiger partial charge >= 0.3 is 0 Å². The predicted octanol–water partition coefficient (Wildman–Crippen LogP) is 4.41. The molecule has 0 nitrogen and oxygen atoms in total. The number of alkyl halides is 2. The zero-order chi connectivity index (χ0) is 9.71. The van der Waals surface area contributed by atoms with E-state index in [1.54, 1.807) is 0 Å². The number of hydrogen-bond acceptors (Lipinski definition) is 0. The zero-order valence-corrected chi connectivity index (χ0v) is 8.89. The van der Waals surface area contributed by atoms with Crippen molar-refractivity contribution >= 4 is 34.0 Å². The van der Waals surface area contributed by atoms with Gasteiger partial charge in [0.2, 0.25) is 0 Å². The topological polar surface area (TPSA) is 0 Å². The highest BCUT2D eigenvalue weighted by Crippen LogP contribution is 2.50. The molecule has 2 aromatic rings. The highest BCUT2D eigenvalue weighted by Gasteiger charge is 2.30. The lowest BCUT2D eigenvalue weighted by Gasteiger charge is -2.05. The molecule has 0 N–H and O–H groups in total. The average molecular weight is 223 g/mol. The van der Waals surface area contributed by atoms with Gasteiger partial charge in [-0.05, 0) is 21.9 Å². The number of rotatable bonds is 0. The Morgan fingerprint density at radius 2 is 1.29 bits per heavy atom. The van der Waals surface area contributed by atoms with Crippen molar-refractivity contribution in [2.24, 2.45) is 0 Å². The quantitative estimate of drug-likeness (QED) is 0.580. The van der Waals surface area contributed by atoms with E-state index in [0.717, 1.165) is 0 Å². The van der Waals surface area contributed by atoms with Crippen molar-refractivity contribution in [2.45, 2.75) is 10.8 Å². The van der Waals surface area contributed by atoms with Crippen molar-refractivity contribution < 1.29 is 0 Å². The van der Waals surface area contributed by atoms with Crippen LogP contribution in [0.25, 0.3) is 10.8 Å². The lowest BCUT2D eigenvalue weighted by Crippen LogP contribution is -1.89. The van der Waals surface area contributed by atoms with Crippen LogP contribution in [0.3, 0.4) is 0 Å². The molecule has 0 aromatic heterocycles. The largest absolute Gasteiger partial charge is 0.116 e. The van der Waals surface area contributed by atoms with Gasteiger partial charge < -0.3 is 0 Å². The number of hydrogen-bond donors (Lipinski definition) is 0. The SMILES string of the molecule is ClC1c2cccc3cccc(c23)C1Cl. The molecule has 1 aliphatic rings. The summed E-state index contributed by atoms with van der Waals surface area (Å²) in [7, 11) is 0. The van der Waals surface area contributed by atoms with Crippen LogP contribution in [-0.2, 0) is 0 Å². The molecule has 0 aliphatic heterocycles. The van der Waals surface area contributed by atoms with Crippen molar-refractivity contribution in [3.05, 3.63) is 47.5 Å². The maximum Gasteiger partial charge on any atom is 0.0796 e. The summed E-state index contributed by atoms with van der Waals surface area (Å²) in [4.78, 5) is 0. The Morgan fingerprint density at radius 1 is 0.786 bits per heavy atom. The molecule has 1 aliphatic carbocycles. The third-order valence-corrected chi connectivity index (χ3v) is 3.92. The molecule has 0 bridgehead atoms. The van der Waals surface area contributed by atoms with Crippen molar-refractivity contribution in [2.75, 3.05) is 0 Å². The molecule has 2 heteroatoms. The average Bonchev–Trinajstić information content (AvgIpc) is 2.47. The Labute approximate surface area is 92.4 Å². The standard InChI is InChI=1S/C12H8Cl2/c13-11-8-5-1-3-7-4-2-6-9(10(7)8)12(11)14/h1-6,11-12H. The predicted molar refractivity (Wildman–Crippen MR) is 61.1 cm³/mol. The second kappa shape index (κ2) is 2.88. The van der Waals surface area contributed by atoms with Gasteiger partial charge in [0, 0.05) is 0 Å². The Morgan fingerprint density at radius 3 is 1.79 bits per heavy atom. The lowest BCUT2D eigenvalue weighted by molar-refractivity contribution is 0.936. The minimum atomic E-state index is -0.0854. The highest BCUT2D eigenvalue weighted by atomic mass is 35.5. The summed E-state index contributed by atoms with van der Waals surface area (Å²) >= 11 is 12.5. The van der Waals surface area contributed by atoms with E-state index in [9.17, 15) is 0 Å². The molecule has 0 radical (unpaired) electrons. The summed E-state index contributed by atoms with van der Waals surface area (Å²) in [6, 6.07) is 12.4. The van der Waals surface area contributed by atoms with E-state index in [2.05, 4.69) is 24.3 Å². The second-order valence-electron chi connectivity index (χ2n) is 3.60. The van der Waals surface area contributed by atoms with Crippen LogP contribution in [0.4, 0.5) is 0 Å². The maximum absolute atomic E-state index is 6.27. The Balaban J connectivity index is 2.49. The number of halogens is 2. The third kappa shape index (κ3) is 0.958. The monoisotopic (exact) mass is 222 g/mol. The van der Waals surface area contributed by atoms with E-state index in [4.69, 9.17) is 23.2 Å². The normalized spacial score (nSPS) is 24.4. The van der Waals surface area contributed by atoms with Crippen LogP contribution in [0.5, 0.6) is 0 Å². The van der Waals surface area contributed by atoms with Crippen LogP contribution < -0.4 is 0 Å². The molecule has 0 saturated carbocycles. The van der Waals surface area contributed by atoms with E-state index in [1.165, 1.54) is 21.9 Å². The van der Waals surface area contributed by atoms with E-state index in [1.807, 2.05) is 12.1 Å². The molecule has 0 amide bonds. The van der Waals surface area contributed by atoms with Gasteiger partial charge in [-0.25, -0.2) is 0 Å². The van der Waals surface area contributed by atoms with Crippen molar-refractivity contribution in [1.82, 2.24) is 0 Å². The zero-order valence-electron chi connectivity index (χ0n) is 7.37. The highest BCUT2D eigenvalue weighted by molar-refractivity contribution is 6.33. The van der Waals surface area contributed by atoms with Gasteiger partial charge in [-0.3, -0.25) is 0 Å². The Kier molecular flexibility index (Phi) is 1.77. The molecular formula is C12H8Cl2. The molecule has 2 unspecified atom stereocenters. The molecule has 2 aromatic carbocycles. The maximum atomic E-state index is 6.27. The first-order valence-electron chi connectivity index (χ1n) is 4.59. The summed E-state index contributed by atoms with van der Waals surface area (Å²) in [5.74, 6) is 0. The van der Waals surface area contributed by atoms with Crippen LogP contribution >= 0.6 is 23.2 Å². The first-order chi connectivity index (χ1) is 6.79. The molecule has 0 spiro atoms. The third-order valence-electron chi connectivity index (χ3n) is 2.82. The van der Waals surface area contributed by atoms with Gasteiger partial charge in [-0.15, -0.1) is 23.2 Å². The molecule has 2 atom stereocenters. The lowest BCUT2D eigenvalue weighted by atomic mass is 10.1. The van der Waals surface area contributed by atoms with Crippen molar-refractivity contribution in [3.63, 3.8) is 0 Å². The fraction of sp³-hybridized carbons (Fsp3) is 0.167. The summed E-state index contributed by atoms with van der Waals surface area (Å²) < 4.78 is 0. The fourth-order valence-corrected chi connectivity index (χ4v) is 2.81. The van der Waals surface area contributed by atoms with Gasteiger partial charge in [-0.1, -0.05) is 36.4 Å². The summed E-state index contributed by atoms with van der Waals surface area (Å²) in [5, 5.41) is 2.30. The summed E-state index contributed by atoms with van der Waals surface area (Å²) in [6.07, 6.45) is 0. The van der Waals surface area contributed by atoms with Crippen LogP contribution in [0, 0.1) is 0 Å². The molecule has 3 rings (SSSR count). The fourth-order valence-electron chi connectivity index (χ4n) is 2.17. The van der Waals surface area contributed by atoms with Gasteiger partial charge in [0.05, 0.1) is 10.8 Å². The van der Waals surface area contributed by atoms with Crippen LogP contribution in [0.2, 0.25) is 0 Å². The van der Waals surface area contributed by atoms with Gasteiger partial charge in [0.1, 0.15) is 0 Å². The molecule has 0 heterocycles. The molecule has 0 fully saturated rings. The van der Waals surface area contributed by atoms with Gasteiger partial charge in [-0.2, -0.15) is 0 Å². The Bertz CT molecular complexity index is 462. The molecular weight excluding hydrogens is 215 g/mol. The van der Waals surface area contributed by atoms with Crippen LogP contribution in [-0.4, -0.2) is 0 Å². The van der Waals surface area contributed by atoms with Crippen LogP contribution in [0.1, 0.15) is 21.9 Å². The first-order valence-corrected chi connectivity index (χ1v) is 5.46. The van der Waals surface area contributed by atoms with E-state index >= 15 is 0 Å². The molecule has 70 valence electrons. The summed E-state index contributed by atoms with van der Waals surface area (Å²) in [6.45, 7) is 0.